The number of aromatic nitrogens is 2. The summed E-state index contributed by atoms with van der Waals surface area (Å²) in [7, 11) is 3.76. The quantitative estimate of drug-likeness (QED) is 0.531. The van der Waals surface area contributed by atoms with Crippen molar-refractivity contribution >= 4 is 28.7 Å². The van der Waals surface area contributed by atoms with Gasteiger partial charge in [0.05, 0.1) is 23.8 Å². The molecule has 2 aromatic carbocycles. The highest BCUT2D eigenvalue weighted by Gasteiger charge is 2.27. The Kier molecular flexibility index (Phi) is 6.28. The molecule has 1 N–H and O–H groups in total. The molecule has 0 unspecified atom stereocenters. The SMILES string of the molecule is COc1c(C(=O)Nc2nn(CCC3CCN(C)CC3)c3ccccc23)ccc2c1C=CC(C)(C)O2. The number of hydrogen-bond acceptors (Lipinski definition) is 5. The van der Waals surface area contributed by atoms with E-state index in [4.69, 9.17) is 14.6 Å². The Balaban J connectivity index is 1.39. The number of anilines is 1. The monoisotopic (exact) mass is 474 g/mol. The summed E-state index contributed by atoms with van der Waals surface area (Å²) in [6, 6.07) is 11.6. The van der Waals surface area contributed by atoms with Gasteiger partial charge in [0.15, 0.2) is 5.82 Å². The predicted molar refractivity (Wildman–Crippen MR) is 139 cm³/mol. The molecular formula is C28H34N4O3. The Morgan fingerprint density at radius 3 is 2.74 bits per heavy atom. The van der Waals surface area contributed by atoms with Crippen molar-refractivity contribution in [3.63, 3.8) is 0 Å². The lowest BCUT2D eigenvalue weighted by molar-refractivity contribution is 0.102. The number of para-hydroxylation sites is 1. The molecule has 184 valence electrons. The summed E-state index contributed by atoms with van der Waals surface area (Å²) in [6.07, 6.45) is 7.48. The molecule has 1 saturated heterocycles. The first kappa shape index (κ1) is 23.4. The number of piperidine rings is 1. The highest BCUT2D eigenvalue weighted by Crippen LogP contribution is 2.39. The van der Waals surface area contributed by atoms with Gasteiger partial charge in [-0.3, -0.25) is 9.48 Å². The summed E-state index contributed by atoms with van der Waals surface area (Å²) in [5.41, 5.74) is 1.85. The summed E-state index contributed by atoms with van der Waals surface area (Å²) in [6.45, 7) is 7.14. The number of amides is 1. The Morgan fingerprint density at radius 2 is 1.97 bits per heavy atom. The molecule has 0 saturated carbocycles. The number of hydrogen-bond donors (Lipinski definition) is 1. The third-order valence-electron chi connectivity index (χ3n) is 7.11. The predicted octanol–water partition coefficient (Wildman–Crippen LogP) is 5.21. The lowest BCUT2D eigenvalue weighted by Crippen LogP contribution is -2.30. The lowest BCUT2D eigenvalue weighted by atomic mass is 9.94. The molecule has 0 aliphatic carbocycles. The summed E-state index contributed by atoms with van der Waals surface area (Å²) in [4.78, 5) is 15.8. The van der Waals surface area contributed by atoms with Gasteiger partial charge in [0.25, 0.3) is 5.91 Å². The van der Waals surface area contributed by atoms with E-state index >= 15 is 0 Å². The Hall–Kier alpha value is -3.32. The third kappa shape index (κ3) is 4.78. The van der Waals surface area contributed by atoms with E-state index in [0.717, 1.165) is 42.5 Å². The molecule has 1 fully saturated rings. The number of benzene rings is 2. The Morgan fingerprint density at radius 1 is 1.20 bits per heavy atom. The molecule has 2 aliphatic heterocycles. The number of fused-ring (bicyclic) bond motifs is 2. The van der Waals surface area contributed by atoms with E-state index < -0.39 is 5.60 Å². The normalized spacial score (nSPS) is 17.7. The minimum Gasteiger partial charge on any atom is -0.495 e. The van der Waals surface area contributed by atoms with Crippen LogP contribution in [0.5, 0.6) is 11.5 Å². The van der Waals surface area contributed by atoms with Crippen LogP contribution < -0.4 is 14.8 Å². The molecule has 0 radical (unpaired) electrons. The van der Waals surface area contributed by atoms with Crippen molar-refractivity contribution in [3.8, 4) is 11.5 Å². The van der Waals surface area contributed by atoms with Crippen LogP contribution in [0.25, 0.3) is 17.0 Å². The van der Waals surface area contributed by atoms with Gasteiger partial charge in [0, 0.05) is 11.9 Å². The molecular weight excluding hydrogens is 440 g/mol. The zero-order valence-corrected chi connectivity index (χ0v) is 21.0. The van der Waals surface area contributed by atoms with Crippen LogP contribution in [0, 0.1) is 5.92 Å². The summed E-state index contributed by atoms with van der Waals surface area (Å²) in [5, 5.41) is 8.79. The van der Waals surface area contributed by atoms with Gasteiger partial charge in [-0.15, -0.1) is 0 Å². The molecule has 3 aromatic rings. The van der Waals surface area contributed by atoms with Crippen molar-refractivity contribution in [2.45, 2.75) is 45.3 Å². The zero-order chi connectivity index (χ0) is 24.6. The standard InChI is InChI=1S/C28H34N4O3/c1-28(2)15-11-21-24(35-28)10-9-22(25(21)34-4)27(33)29-26-20-7-5-6-8-23(20)32(30-26)18-14-19-12-16-31(3)17-13-19/h5-11,15,19H,12-14,16-18H2,1-4H3,(H,29,30,33). The fourth-order valence-corrected chi connectivity index (χ4v) is 5.05. The van der Waals surface area contributed by atoms with Crippen LogP contribution in [0.2, 0.25) is 0 Å². The zero-order valence-electron chi connectivity index (χ0n) is 21.0. The van der Waals surface area contributed by atoms with Crippen LogP contribution in [-0.4, -0.2) is 53.4 Å². The van der Waals surface area contributed by atoms with Crippen molar-refractivity contribution < 1.29 is 14.3 Å². The lowest BCUT2D eigenvalue weighted by Gasteiger charge is -2.29. The van der Waals surface area contributed by atoms with Crippen LogP contribution in [-0.2, 0) is 6.54 Å². The molecule has 7 nitrogen and oxygen atoms in total. The molecule has 1 amide bonds. The first-order valence-corrected chi connectivity index (χ1v) is 12.4. The minimum absolute atomic E-state index is 0.256. The Labute approximate surface area is 206 Å². The smallest absolute Gasteiger partial charge is 0.260 e. The number of carbonyl (C=O) groups excluding carboxylic acids is 1. The van der Waals surface area contributed by atoms with Gasteiger partial charge in [0.1, 0.15) is 17.1 Å². The van der Waals surface area contributed by atoms with Crippen molar-refractivity contribution in [3.05, 3.63) is 53.6 Å². The molecule has 0 spiro atoms. The first-order chi connectivity index (χ1) is 16.8. The van der Waals surface area contributed by atoms with E-state index in [9.17, 15) is 4.79 Å². The van der Waals surface area contributed by atoms with Gasteiger partial charge in [-0.05, 0) is 95.6 Å². The van der Waals surface area contributed by atoms with Crippen LogP contribution >= 0.6 is 0 Å². The minimum atomic E-state index is -0.402. The number of carbonyl (C=O) groups is 1. The largest absolute Gasteiger partial charge is 0.495 e. The number of nitrogens with one attached hydrogen (secondary N) is 1. The highest BCUT2D eigenvalue weighted by molar-refractivity contribution is 6.10. The second-order valence-corrected chi connectivity index (χ2v) is 10.2. The molecule has 7 heteroatoms. The number of nitrogens with zero attached hydrogens (tertiary/aromatic N) is 3. The van der Waals surface area contributed by atoms with Gasteiger partial charge in [0.2, 0.25) is 0 Å². The van der Waals surface area contributed by atoms with Crippen molar-refractivity contribution in [1.82, 2.24) is 14.7 Å². The van der Waals surface area contributed by atoms with Gasteiger partial charge in [-0.25, -0.2) is 0 Å². The Bertz CT molecular complexity index is 1270. The third-order valence-corrected chi connectivity index (χ3v) is 7.11. The molecule has 1 aromatic heterocycles. The highest BCUT2D eigenvalue weighted by atomic mass is 16.5. The van der Waals surface area contributed by atoms with Gasteiger partial charge in [-0.1, -0.05) is 12.1 Å². The van der Waals surface area contributed by atoms with Crippen LogP contribution in [0.15, 0.2) is 42.5 Å². The molecule has 35 heavy (non-hydrogen) atoms. The maximum absolute atomic E-state index is 13.4. The van der Waals surface area contributed by atoms with Gasteiger partial charge in [-0.2, -0.15) is 5.10 Å². The number of likely N-dealkylation sites (tertiary alicyclic amines) is 1. The maximum Gasteiger partial charge on any atom is 0.260 e. The fraction of sp³-hybridized carbons (Fsp3) is 0.429. The summed E-state index contributed by atoms with van der Waals surface area (Å²) < 4.78 is 13.7. The molecule has 3 heterocycles. The molecule has 0 bridgehead atoms. The number of ether oxygens (including phenoxy) is 2. The van der Waals surface area contributed by atoms with E-state index in [1.54, 1.807) is 13.2 Å². The van der Waals surface area contributed by atoms with Gasteiger partial charge >= 0.3 is 0 Å². The van der Waals surface area contributed by atoms with Crippen LogP contribution in [0.3, 0.4) is 0 Å². The maximum atomic E-state index is 13.4. The first-order valence-electron chi connectivity index (χ1n) is 12.4. The number of rotatable bonds is 6. The second-order valence-electron chi connectivity index (χ2n) is 10.2. The average molecular weight is 475 g/mol. The van der Waals surface area contributed by atoms with Gasteiger partial charge < -0.3 is 19.7 Å². The van der Waals surface area contributed by atoms with E-state index in [2.05, 4.69) is 23.3 Å². The fourth-order valence-electron chi connectivity index (χ4n) is 5.05. The summed E-state index contributed by atoms with van der Waals surface area (Å²) >= 11 is 0. The molecule has 2 aliphatic rings. The molecule has 0 atom stereocenters. The van der Waals surface area contributed by atoms with E-state index in [0.29, 0.717) is 28.8 Å². The van der Waals surface area contributed by atoms with Crippen molar-refractivity contribution in [2.75, 3.05) is 32.6 Å². The van der Waals surface area contributed by atoms with E-state index in [-0.39, 0.29) is 5.91 Å². The van der Waals surface area contributed by atoms with E-state index in [1.165, 1.54) is 12.8 Å². The average Bonchev–Trinajstić information content (AvgIpc) is 3.19. The van der Waals surface area contributed by atoms with Crippen LogP contribution in [0.4, 0.5) is 5.82 Å². The van der Waals surface area contributed by atoms with E-state index in [1.807, 2.05) is 54.9 Å². The number of aryl methyl sites for hydroxylation is 1. The molecule has 5 rings (SSSR count). The van der Waals surface area contributed by atoms with Crippen molar-refractivity contribution in [1.29, 1.82) is 0 Å². The second kappa shape index (κ2) is 9.38. The topological polar surface area (TPSA) is 68.6 Å². The van der Waals surface area contributed by atoms with Crippen molar-refractivity contribution in [2.24, 2.45) is 5.92 Å². The summed E-state index contributed by atoms with van der Waals surface area (Å²) in [5.74, 6) is 2.23. The van der Waals surface area contributed by atoms with Crippen LogP contribution in [0.1, 0.15) is 49.0 Å². The number of methoxy groups -OCH3 is 1.